The molecule has 4 nitrogen and oxygen atoms in total. The first-order chi connectivity index (χ1) is 31.3. The molecule has 0 unspecified atom stereocenters. The van der Waals surface area contributed by atoms with E-state index in [9.17, 15) is 0 Å². The minimum atomic E-state index is 0.810. The molecular weight excluding hydrogens is 787 g/mol. The van der Waals surface area contributed by atoms with Crippen LogP contribution in [-0.4, -0.2) is 0 Å². The van der Waals surface area contributed by atoms with Crippen molar-refractivity contribution in [3.63, 3.8) is 0 Å². The van der Waals surface area contributed by atoms with Gasteiger partial charge in [-0.15, -0.1) is 11.3 Å². The second kappa shape index (κ2) is 15.4. The zero-order valence-corrected chi connectivity index (χ0v) is 35.0. The van der Waals surface area contributed by atoms with E-state index in [0.717, 1.165) is 83.9 Å². The molecule has 2 aromatic heterocycles. The number of furan rings is 1. The molecule has 0 fully saturated rings. The summed E-state index contributed by atoms with van der Waals surface area (Å²) < 4.78 is 9.65. The number of anilines is 9. The van der Waals surface area contributed by atoms with Gasteiger partial charge < -0.3 is 19.1 Å². The minimum Gasteiger partial charge on any atom is -0.454 e. The quantitative estimate of drug-likeness (QED) is 0.145. The molecule has 0 spiro atoms. The van der Waals surface area contributed by atoms with E-state index in [1.165, 1.54) is 20.2 Å². The highest BCUT2D eigenvalue weighted by atomic mass is 32.1. The Balaban J connectivity index is 1.19. The van der Waals surface area contributed by atoms with Crippen molar-refractivity contribution in [3.05, 3.63) is 237 Å². The highest BCUT2D eigenvalue weighted by Gasteiger charge is 2.27. The standard InChI is InChI=1S/C58H39N3OS/c1-6-22-42(23-7-1)59(43-24-8-2-9-25-43)51-35-34-50(57-49-36-40-20-16-17-21-41(40)37-53(49)62-58(51)57)61(46-30-14-5-15-31-46)47-38-52(56-48-32-18-19-33-54(48)63-55(56)39-47)60(44-26-10-3-11-27-44)45-28-12-4-13-29-45/h1-39H. The second-order valence-electron chi connectivity index (χ2n) is 15.7. The summed E-state index contributed by atoms with van der Waals surface area (Å²) in [5.74, 6) is 0. The number of rotatable bonds is 9. The molecule has 0 atom stereocenters. The lowest BCUT2D eigenvalue weighted by Crippen LogP contribution is -2.14. The first-order valence-electron chi connectivity index (χ1n) is 21.3. The molecule has 0 bridgehead atoms. The van der Waals surface area contributed by atoms with Crippen molar-refractivity contribution in [2.24, 2.45) is 0 Å². The predicted octanol–water partition coefficient (Wildman–Crippen LogP) is 17.5. The van der Waals surface area contributed by atoms with Gasteiger partial charge in [0.1, 0.15) is 5.58 Å². The van der Waals surface area contributed by atoms with Gasteiger partial charge in [0.05, 0.1) is 22.4 Å². The Morgan fingerprint density at radius 2 is 0.746 bits per heavy atom. The van der Waals surface area contributed by atoms with Gasteiger partial charge in [-0.2, -0.15) is 0 Å². The van der Waals surface area contributed by atoms with Crippen LogP contribution < -0.4 is 14.7 Å². The third-order valence-corrected chi connectivity index (χ3v) is 13.1. The zero-order valence-electron chi connectivity index (χ0n) is 34.2. The van der Waals surface area contributed by atoms with Gasteiger partial charge in [0, 0.05) is 59.7 Å². The van der Waals surface area contributed by atoms with Crippen molar-refractivity contribution in [1.29, 1.82) is 0 Å². The van der Waals surface area contributed by atoms with Crippen molar-refractivity contribution in [2.45, 2.75) is 0 Å². The van der Waals surface area contributed by atoms with Crippen LogP contribution in [0.2, 0.25) is 0 Å². The maximum absolute atomic E-state index is 7.19. The summed E-state index contributed by atoms with van der Waals surface area (Å²) in [4.78, 5) is 7.14. The minimum absolute atomic E-state index is 0.810. The Morgan fingerprint density at radius 1 is 0.302 bits per heavy atom. The number of para-hydroxylation sites is 5. The molecule has 10 aromatic carbocycles. The molecule has 63 heavy (non-hydrogen) atoms. The molecule has 2 heterocycles. The Morgan fingerprint density at radius 3 is 1.30 bits per heavy atom. The maximum Gasteiger partial charge on any atom is 0.161 e. The zero-order chi connectivity index (χ0) is 41.7. The van der Waals surface area contributed by atoms with E-state index < -0.39 is 0 Å². The van der Waals surface area contributed by atoms with Crippen LogP contribution in [-0.2, 0) is 0 Å². The van der Waals surface area contributed by atoms with Gasteiger partial charge in [-0.3, -0.25) is 0 Å². The molecule has 0 aliphatic rings. The molecule has 5 heteroatoms. The summed E-state index contributed by atoms with van der Waals surface area (Å²) in [5, 5.41) is 6.85. The SMILES string of the molecule is c1ccc(N(c2ccccc2)c2ccc(N(c3ccccc3)c3cc(N(c4ccccc4)c4ccccc4)c4c(c3)sc3ccccc34)c3c2oc2cc4ccccc4cc23)cc1. The average Bonchev–Trinajstić information content (AvgIpc) is 3.92. The number of hydrogen-bond acceptors (Lipinski definition) is 5. The Labute approximate surface area is 369 Å². The smallest absolute Gasteiger partial charge is 0.161 e. The molecule has 298 valence electrons. The number of fused-ring (bicyclic) bond motifs is 7. The Kier molecular flexibility index (Phi) is 8.98. The molecule has 0 N–H and O–H groups in total. The van der Waals surface area contributed by atoms with Crippen LogP contribution in [0.1, 0.15) is 0 Å². The fraction of sp³-hybridized carbons (Fsp3) is 0. The summed E-state index contributed by atoms with van der Waals surface area (Å²) in [6, 6.07) is 84.4. The fourth-order valence-electron chi connectivity index (χ4n) is 9.19. The maximum atomic E-state index is 7.19. The van der Waals surface area contributed by atoms with Crippen LogP contribution in [0.4, 0.5) is 51.2 Å². The molecule has 0 aliphatic carbocycles. The van der Waals surface area contributed by atoms with Crippen molar-refractivity contribution in [1.82, 2.24) is 0 Å². The van der Waals surface area contributed by atoms with Crippen LogP contribution in [0, 0.1) is 0 Å². The van der Waals surface area contributed by atoms with Crippen molar-refractivity contribution in [2.75, 3.05) is 14.7 Å². The summed E-state index contributed by atoms with van der Waals surface area (Å²) in [6.45, 7) is 0. The number of thiophene rings is 1. The highest BCUT2D eigenvalue weighted by molar-refractivity contribution is 7.26. The lowest BCUT2D eigenvalue weighted by molar-refractivity contribution is 0.669. The first kappa shape index (κ1) is 36.7. The van der Waals surface area contributed by atoms with E-state index in [1.807, 2.05) is 11.3 Å². The normalized spacial score (nSPS) is 11.5. The molecule has 0 saturated carbocycles. The summed E-state index contributed by atoms with van der Waals surface area (Å²) in [6.07, 6.45) is 0. The molecule has 0 aliphatic heterocycles. The van der Waals surface area contributed by atoms with E-state index in [0.29, 0.717) is 0 Å². The lowest BCUT2D eigenvalue weighted by Gasteiger charge is -2.31. The highest BCUT2D eigenvalue weighted by Crippen LogP contribution is 2.52. The van der Waals surface area contributed by atoms with E-state index in [-0.39, 0.29) is 0 Å². The number of nitrogens with zero attached hydrogens (tertiary/aromatic N) is 3. The Hall–Kier alpha value is -8.12. The molecule has 12 rings (SSSR count). The van der Waals surface area contributed by atoms with E-state index in [2.05, 4.69) is 251 Å². The van der Waals surface area contributed by atoms with E-state index in [1.54, 1.807) is 0 Å². The Bertz CT molecular complexity index is 3490. The second-order valence-corrected chi connectivity index (χ2v) is 16.8. The van der Waals surface area contributed by atoms with Gasteiger partial charge in [-0.25, -0.2) is 0 Å². The molecule has 0 radical (unpaired) electrons. The lowest BCUT2D eigenvalue weighted by atomic mass is 10.0. The van der Waals surface area contributed by atoms with Gasteiger partial charge in [0.25, 0.3) is 0 Å². The number of benzene rings is 10. The van der Waals surface area contributed by atoms with Crippen LogP contribution in [0.5, 0.6) is 0 Å². The third-order valence-electron chi connectivity index (χ3n) is 11.9. The van der Waals surface area contributed by atoms with Gasteiger partial charge in [0.2, 0.25) is 0 Å². The monoisotopic (exact) mass is 825 g/mol. The van der Waals surface area contributed by atoms with Gasteiger partial charge in [0.15, 0.2) is 5.58 Å². The van der Waals surface area contributed by atoms with E-state index >= 15 is 0 Å². The summed E-state index contributed by atoms with van der Waals surface area (Å²) in [5.41, 5.74) is 11.1. The molecular formula is C58H39N3OS. The molecule has 0 saturated heterocycles. The van der Waals surface area contributed by atoms with Crippen LogP contribution in [0.3, 0.4) is 0 Å². The first-order valence-corrected chi connectivity index (χ1v) is 22.1. The molecule has 0 amide bonds. The molecule has 12 aromatic rings. The van der Waals surface area contributed by atoms with Gasteiger partial charge in [-0.1, -0.05) is 133 Å². The van der Waals surface area contributed by atoms with Crippen molar-refractivity contribution >= 4 is 115 Å². The summed E-state index contributed by atoms with van der Waals surface area (Å²) in [7, 11) is 0. The third kappa shape index (κ3) is 6.37. The van der Waals surface area contributed by atoms with Crippen molar-refractivity contribution in [3.8, 4) is 0 Å². The van der Waals surface area contributed by atoms with Gasteiger partial charge in [-0.05, 0) is 114 Å². The average molecular weight is 826 g/mol. The summed E-state index contributed by atoms with van der Waals surface area (Å²) >= 11 is 1.84. The van der Waals surface area contributed by atoms with Crippen LogP contribution in [0.15, 0.2) is 241 Å². The van der Waals surface area contributed by atoms with Crippen LogP contribution in [0.25, 0.3) is 52.9 Å². The topological polar surface area (TPSA) is 22.9 Å². The van der Waals surface area contributed by atoms with Crippen molar-refractivity contribution < 1.29 is 4.42 Å². The largest absolute Gasteiger partial charge is 0.454 e. The van der Waals surface area contributed by atoms with Gasteiger partial charge >= 0.3 is 0 Å². The van der Waals surface area contributed by atoms with Crippen LogP contribution >= 0.6 is 11.3 Å². The number of hydrogen-bond donors (Lipinski definition) is 0. The fourth-order valence-corrected chi connectivity index (χ4v) is 10.3. The predicted molar refractivity (Wildman–Crippen MR) is 268 cm³/mol. The van der Waals surface area contributed by atoms with E-state index in [4.69, 9.17) is 4.42 Å².